The minimum Gasteiger partial charge on any atom is -0.324 e. The largest absolute Gasteiger partial charge is 0.324 e. The first-order valence-electron chi connectivity index (χ1n) is 5.30. The maximum atomic E-state index is 8.73. The number of aromatic nitrogens is 2. The van der Waals surface area contributed by atoms with Crippen molar-refractivity contribution in [3.05, 3.63) is 42.4 Å². The van der Waals surface area contributed by atoms with E-state index in [0.29, 0.717) is 11.3 Å². The van der Waals surface area contributed by atoms with E-state index in [-0.39, 0.29) is 6.04 Å². The van der Waals surface area contributed by atoms with E-state index < -0.39 is 0 Å². The Kier molecular flexibility index (Phi) is 3.32. The molecule has 0 saturated heterocycles. The van der Waals surface area contributed by atoms with Crippen LogP contribution in [0.1, 0.15) is 12.6 Å². The van der Waals surface area contributed by atoms with E-state index in [1.165, 1.54) is 6.20 Å². The second kappa shape index (κ2) is 4.90. The summed E-state index contributed by atoms with van der Waals surface area (Å²) in [5.41, 5.74) is 10.8. The summed E-state index contributed by atoms with van der Waals surface area (Å²) in [5, 5.41) is 8.73. The van der Waals surface area contributed by atoms with Crippen LogP contribution in [0.5, 0.6) is 0 Å². The quantitative estimate of drug-likeness (QED) is 0.692. The lowest BCUT2D eigenvalue weighted by Crippen LogP contribution is -2.19. The molecule has 0 saturated carbocycles. The molecule has 2 aromatic rings. The summed E-state index contributed by atoms with van der Waals surface area (Å²) in [4.78, 5) is 8.75. The van der Waals surface area contributed by atoms with Gasteiger partial charge in [-0.25, -0.2) is 4.98 Å². The summed E-state index contributed by atoms with van der Waals surface area (Å²) in [6.07, 6.45) is 3.07. The van der Waals surface area contributed by atoms with Crippen molar-refractivity contribution >= 4 is 16.6 Å². The van der Waals surface area contributed by atoms with Gasteiger partial charge in [-0.2, -0.15) is 0 Å². The van der Waals surface area contributed by atoms with Crippen molar-refractivity contribution in [2.75, 3.05) is 0 Å². The number of rotatable bonds is 3. The third kappa shape index (κ3) is 2.41. The zero-order chi connectivity index (χ0) is 12.3. The molecule has 1 heterocycles. The van der Waals surface area contributed by atoms with Gasteiger partial charge in [0.05, 0.1) is 22.9 Å². The van der Waals surface area contributed by atoms with Gasteiger partial charge in [-0.05, 0) is 19.1 Å². The zero-order valence-corrected chi connectivity index (χ0v) is 9.46. The highest BCUT2D eigenvalue weighted by Crippen LogP contribution is 2.16. The number of hydrogen-bond acceptors (Lipinski definition) is 5. The first-order chi connectivity index (χ1) is 8.22. The van der Waals surface area contributed by atoms with Crippen LogP contribution in [-0.4, -0.2) is 21.2 Å². The highest BCUT2D eigenvalue weighted by molar-refractivity contribution is 5.77. The molecular formula is C12H14N4O. The lowest BCUT2D eigenvalue weighted by molar-refractivity contribution is 0.214. The number of fused-ring (bicyclic) bond motifs is 1. The molecule has 0 radical (unpaired) electrons. The van der Waals surface area contributed by atoms with Crippen molar-refractivity contribution in [2.24, 2.45) is 5.73 Å². The number of benzene rings is 1. The first kappa shape index (κ1) is 11.5. The highest BCUT2D eigenvalue weighted by atomic mass is 16.5. The van der Waals surface area contributed by atoms with Gasteiger partial charge in [0, 0.05) is 17.8 Å². The Labute approximate surface area is 99.0 Å². The fourth-order valence-corrected chi connectivity index (χ4v) is 1.60. The van der Waals surface area contributed by atoms with Gasteiger partial charge in [0.25, 0.3) is 0 Å². The molecule has 5 heteroatoms. The number of nitrogens with one attached hydrogen (secondary N) is 1. The predicted molar refractivity (Wildman–Crippen MR) is 66.1 cm³/mol. The lowest BCUT2D eigenvalue weighted by atomic mass is 10.1. The van der Waals surface area contributed by atoms with Crippen molar-refractivity contribution in [1.29, 1.82) is 0 Å². The molecule has 1 aromatic heterocycles. The normalized spacial score (nSPS) is 13.7. The van der Waals surface area contributed by atoms with Gasteiger partial charge in [0.1, 0.15) is 0 Å². The minimum atomic E-state index is -0.245. The molecule has 0 aliphatic rings. The SMILES string of the molecule is CC(N)/C(=C\NO)c1cnc2ccccc2n1. The first-order valence-corrected chi connectivity index (χ1v) is 5.30. The molecule has 0 amide bonds. The molecule has 1 unspecified atom stereocenters. The van der Waals surface area contributed by atoms with Crippen LogP contribution >= 0.6 is 0 Å². The van der Waals surface area contributed by atoms with Crippen LogP contribution in [0.15, 0.2) is 36.7 Å². The smallest absolute Gasteiger partial charge is 0.0894 e. The molecule has 2 rings (SSSR count). The molecule has 0 bridgehead atoms. The number of hydroxylamine groups is 1. The Morgan fingerprint density at radius 1 is 1.41 bits per heavy atom. The maximum Gasteiger partial charge on any atom is 0.0894 e. The number of para-hydroxylation sites is 2. The van der Waals surface area contributed by atoms with Crippen molar-refractivity contribution in [1.82, 2.24) is 15.4 Å². The molecule has 4 N–H and O–H groups in total. The Balaban J connectivity index is 2.51. The number of nitrogens with two attached hydrogens (primary N) is 1. The van der Waals surface area contributed by atoms with Crippen LogP contribution in [-0.2, 0) is 0 Å². The number of hydrogen-bond donors (Lipinski definition) is 3. The summed E-state index contributed by atoms with van der Waals surface area (Å²) in [6.45, 7) is 1.82. The molecule has 17 heavy (non-hydrogen) atoms. The highest BCUT2D eigenvalue weighted by Gasteiger charge is 2.09. The van der Waals surface area contributed by atoms with E-state index >= 15 is 0 Å². The third-order valence-corrected chi connectivity index (χ3v) is 2.45. The minimum absolute atomic E-state index is 0.245. The van der Waals surface area contributed by atoms with E-state index in [1.807, 2.05) is 36.7 Å². The molecule has 0 spiro atoms. The van der Waals surface area contributed by atoms with Gasteiger partial charge in [-0.15, -0.1) is 0 Å². The standard InChI is InChI=1S/C12H14N4O/c1-8(13)9(6-15-17)12-7-14-10-4-2-3-5-11(10)16-12/h2-8,15,17H,13H2,1H3/b9-6+. The lowest BCUT2D eigenvalue weighted by Gasteiger charge is -2.10. The molecule has 1 atom stereocenters. The van der Waals surface area contributed by atoms with Crippen molar-refractivity contribution in [3.8, 4) is 0 Å². The van der Waals surface area contributed by atoms with Crippen LogP contribution < -0.4 is 11.2 Å². The molecule has 88 valence electrons. The maximum absolute atomic E-state index is 8.73. The van der Waals surface area contributed by atoms with Gasteiger partial charge < -0.3 is 5.73 Å². The molecule has 0 fully saturated rings. The summed E-state index contributed by atoms with van der Waals surface area (Å²) in [5.74, 6) is 0. The van der Waals surface area contributed by atoms with Gasteiger partial charge in [0.2, 0.25) is 0 Å². The van der Waals surface area contributed by atoms with Crippen LogP contribution in [0, 0.1) is 0 Å². The Morgan fingerprint density at radius 3 is 2.76 bits per heavy atom. The average Bonchev–Trinajstić information content (AvgIpc) is 2.35. The fraction of sp³-hybridized carbons (Fsp3) is 0.167. The van der Waals surface area contributed by atoms with Gasteiger partial charge in [-0.3, -0.25) is 15.7 Å². The Bertz CT molecular complexity index is 551. The molecule has 1 aromatic carbocycles. The molecule has 0 aliphatic carbocycles. The average molecular weight is 230 g/mol. The predicted octanol–water partition coefficient (Wildman–Crippen LogP) is 1.30. The zero-order valence-electron chi connectivity index (χ0n) is 9.46. The van der Waals surface area contributed by atoms with E-state index in [2.05, 4.69) is 9.97 Å². The van der Waals surface area contributed by atoms with E-state index in [9.17, 15) is 0 Å². The van der Waals surface area contributed by atoms with Crippen LogP contribution in [0.2, 0.25) is 0 Å². The van der Waals surface area contributed by atoms with E-state index in [1.54, 1.807) is 6.20 Å². The summed E-state index contributed by atoms with van der Waals surface area (Å²) in [6, 6.07) is 7.35. The van der Waals surface area contributed by atoms with Crippen molar-refractivity contribution < 1.29 is 5.21 Å². The number of nitrogens with zero attached hydrogens (tertiary/aromatic N) is 2. The van der Waals surface area contributed by atoms with E-state index in [0.717, 1.165) is 11.0 Å². The van der Waals surface area contributed by atoms with E-state index in [4.69, 9.17) is 10.9 Å². The molecule has 5 nitrogen and oxygen atoms in total. The van der Waals surface area contributed by atoms with Crippen molar-refractivity contribution in [3.63, 3.8) is 0 Å². The Hall–Kier alpha value is -1.98. The van der Waals surface area contributed by atoms with Gasteiger partial charge in [0.15, 0.2) is 0 Å². The van der Waals surface area contributed by atoms with Crippen LogP contribution in [0.25, 0.3) is 16.6 Å². The summed E-state index contributed by atoms with van der Waals surface area (Å²) >= 11 is 0. The molecular weight excluding hydrogens is 216 g/mol. The topological polar surface area (TPSA) is 84.1 Å². The fourth-order valence-electron chi connectivity index (χ4n) is 1.60. The van der Waals surface area contributed by atoms with Gasteiger partial charge in [-0.1, -0.05) is 12.1 Å². The van der Waals surface area contributed by atoms with Crippen LogP contribution in [0.3, 0.4) is 0 Å². The second-order valence-corrected chi connectivity index (χ2v) is 3.76. The third-order valence-electron chi connectivity index (χ3n) is 2.45. The monoisotopic (exact) mass is 230 g/mol. The van der Waals surface area contributed by atoms with Gasteiger partial charge >= 0.3 is 0 Å². The second-order valence-electron chi connectivity index (χ2n) is 3.76. The van der Waals surface area contributed by atoms with Crippen molar-refractivity contribution in [2.45, 2.75) is 13.0 Å². The Morgan fingerprint density at radius 2 is 2.12 bits per heavy atom. The summed E-state index contributed by atoms with van der Waals surface area (Å²) < 4.78 is 0. The summed E-state index contributed by atoms with van der Waals surface area (Å²) in [7, 11) is 0. The van der Waals surface area contributed by atoms with Crippen LogP contribution in [0.4, 0.5) is 0 Å². The molecule has 0 aliphatic heterocycles.